The Morgan fingerprint density at radius 1 is 1.21 bits per heavy atom. The number of allylic oxidation sites excluding steroid dienone is 1. The summed E-state index contributed by atoms with van der Waals surface area (Å²) in [6, 6.07) is 12.7. The standard InChI is InChI=1S/C16H17NOS/c1-2-8-15(14(7-1)16-9-5-11-19-16)17-12-13-6-3-4-10-18-13/h1-2,4-5,7-11,13,17H,3,6,12H2. The molecule has 0 aliphatic carbocycles. The van der Waals surface area contributed by atoms with E-state index in [4.69, 9.17) is 4.74 Å². The lowest BCUT2D eigenvalue weighted by molar-refractivity contribution is 0.135. The van der Waals surface area contributed by atoms with Crippen LogP contribution in [0.5, 0.6) is 0 Å². The zero-order valence-corrected chi connectivity index (χ0v) is 11.5. The van der Waals surface area contributed by atoms with Gasteiger partial charge in [-0.05, 0) is 36.4 Å². The van der Waals surface area contributed by atoms with Gasteiger partial charge in [0.05, 0.1) is 12.8 Å². The third-order valence-electron chi connectivity index (χ3n) is 3.26. The van der Waals surface area contributed by atoms with Crippen molar-refractivity contribution in [1.29, 1.82) is 0 Å². The first-order valence-corrected chi connectivity index (χ1v) is 7.49. The lowest BCUT2D eigenvalue weighted by Gasteiger charge is -2.21. The largest absolute Gasteiger partial charge is 0.497 e. The molecule has 0 saturated heterocycles. The molecule has 98 valence electrons. The molecule has 3 heteroatoms. The van der Waals surface area contributed by atoms with E-state index in [0.29, 0.717) is 0 Å². The molecule has 2 aromatic rings. The number of hydrogen-bond donors (Lipinski definition) is 1. The van der Waals surface area contributed by atoms with E-state index in [1.807, 2.05) is 6.26 Å². The van der Waals surface area contributed by atoms with Gasteiger partial charge in [0.2, 0.25) is 0 Å². The van der Waals surface area contributed by atoms with Crippen molar-refractivity contribution in [2.24, 2.45) is 0 Å². The Labute approximate surface area is 117 Å². The molecular weight excluding hydrogens is 254 g/mol. The molecule has 1 aromatic heterocycles. The third kappa shape index (κ3) is 2.99. The van der Waals surface area contributed by atoms with Gasteiger partial charge < -0.3 is 10.1 Å². The molecule has 0 bridgehead atoms. The summed E-state index contributed by atoms with van der Waals surface area (Å²) in [5, 5.41) is 5.63. The van der Waals surface area contributed by atoms with Gasteiger partial charge in [0.25, 0.3) is 0 Å². The van der Waals surface area contributed by atoms with Crippen LogP contribution in [0.4, 0.5) is 5.69 Å². The summed E-state index contributed by atoms with van der Waals surface area (Å²) in [7, 11) is 0. The maximum absolute atomic E-state index is 5.59. The highest BCUT2D eigenvalue weighted by Gasteiger charge is 2.12. The Morgan fingerprint density at radius 2 is 2.16 bits per heavy atom. The molecule has 1 aromatic carbocycles. The van der Waals surface area contributed by atoms with Crippen molar-refractivity contribution in [3.05, 3.63) is 54.1 Å². The minimum atomic E-state index is 0.279. The molecule has 0 amide bonds. The molecule has 1 N–H and O–H groups in total. The molecule has 3 rings (SSSR count). The van der Waals surface area contributed by atoms with Gasteiger partial charge in [0, 0.05) is 16.1 Å². The van der Waals surface area contributed by atoms with Gasteiger partial charge >= 0.3 is 0 Å². The molecule has 1 aliphatic rings. The highest BCUT2D eigenvalue weighted by molar-refractivity contribution is 7.13. The molecule has 19 heavy (non-hydrogen) atoms. The number of nitrogens with one attached hydrogen (secondary N) is 1. The average molecular weight is 271 g/mol. The van der Waals surface area contributed by atoms with Crippen LogP contribution >= 0.6 is 11.3 Å². The predicted octanol–water partition coefficient (Wildman–Crippen LogP) is 4.52. The monoisotopic (exact) mass is 271 g/mol. The lowest BCUT2D eigenvalue weighted by Crippen LogP contribution is -2.23. The number of para-hydroxylation sites is 1. The maximum atomic E-state index is 5.59. The first-order chi connectivity index (χ1) is 9.43. The molecule has 0 radical (unpaired) electrons. The van der Waals surface area contributed by atoms with Crippen LogP contribution in [0.25, 0.3) is 10.4 Å². The fourth-order valence-corrected chi connectivity index (χ4v) is 3.01. The normalized spacial score (nSPS) is 18.0. The Kier molecular flexibility index (Phi) is 3.84. The molecule has 0 saturated carbocycles. The van der Waals surface area contributed by atoms with Gasteiger partial charge in [-0.3, -0.25) is 0 Å². The predicted molar refractivity (Wildman–Crippen MR) is 81.5 cm³/mol. The molecule has 0 fully saturated rings. The van der Waals surface area contributed by atoms with Gasteiger partial charge in [0.1, 0.15) is 6.10 Å². The van der Waals surface area contributed by atoms with E-state index in [2.05, 4.69) is 53.2 Å². The first kappa shape index (κ1) is 12.3. The van der Waals surface area contributed by atoms with Gasteiger partial charge in [-0.2, -0.15) is 0 Å². The summed E-state index contributed by atoms with van der Waals surface area (Å²) in [5.74, 6) is 0. The number of thiophene rings is 1. The quantitative estimate of drug-likeness (QED) is 0.882. The van der Waals surface area contributed by atoms with Crippen molar-refractivity contribution >= 4 is 17.0 Å². The zero-order chi connectivity index (χ0) is 12.9. The van der Waals surface area contributed by atoms with Crippen LogP contribution in [0.2, 0.25) is 0 Å². The Bertz CT molecular complexity index is 548. The van der Waals surface area contributed by atoms with Crippen molar-refractivity contribution < 1.29 is 4.74 Å². The highest BCUT2D eigenvalue weighted by Crippen LogP contribution is 2.31. The van der Waals surface area contributed by atoms with Crippen molar-refractivity contribution in [3.8, 4) is 10.4 Å². The van der Waals surface area contributed by atoms with E-state index in [1.165, 1.54) is 16.1 Å². The van der Waals surface area contributed by atoms with E-state index in [1.54, 1.807) is 11.3 Å². The summed E-state index contributed by atoms with van der Waals surface area (Å²) in [6.07, 6.45) is 6.38. The lowest BCUT2D eigenvalue weighted by atomic mass is 10.1. The van der Waals surface area contributed by atoms with Crippen LogP contribution in [-0.2, 0) is 4.74 Å². The second-order valence-electron chi connectivity index (χ2n) is 4.61. The molecule has 1 unspecified atom stereocenters. The van der Waals surface area contributed by atoms with Gasteiger partial charge in [-0.25, -0.2) is 0 Å². The van der Waals surface area contributed by atoms with Crippen LogP contribution < -0.4 is 5.32 Å². The number of hydrogen-bond acceptors (Lipinski definition) is 3. The SMILES string of the molecule is C1=COC(CNc2ccccc2-c2cccs2)CC1. The Hall–Kier alpha value is -1.74. The van der Waals surface area contributed by atoms with E-state index >= 15 is 0 Å². The molecule has 1 atom stereocenters. The second-order valence-corrected chi connectivity index (χ2v) is 5.56. The van der Waals surface area contributed by atoms with Crippen molar-refractivity contribution in [3.63, 3.8) is 0 Å². The van der Waals surface area contributed by atoms with Crippen LogP contribution in [0, 0.1) is 0 Å². The number of anilines is 1. The summed E-state index contributed by atoms with van der Waals surface area (Å²) >= 11 is 1.77. The van der Waals surface area contributed by atoms with E-state index in [-0.39, 0.29) is 6.10 Å². The van der Waals surface area contributed by atoms with Gasteiger partial charge in [-0.1, -0.05) is 24.3 Å². The fourth-order valence-electron chi connectivity index (χ4n) is 2.24. The molecule has 0 spiro atoms. The number of rotatable bonds is 4. The van der Waals surface area contributed by atoms with Crippen LogP contribution in [0.3, 0.4) is 0 Å². The number of benzene rings is 1. The fraction of sp³-hybridized carbons (Fsp3) is 0.250. The summed E-state index contributed by atoms with van der Waals surface area (Å²) in [6.45, 7) is 0.854. The summed E-state index contributed by atoms with van der Waals surface area (Å²) < 4.78 is 5.59. The minimum Gasteiger partial charge on any atom is -0.497 e. The molecule has 2 nitrogen and oxygen atoms in total. The number of ether oxygens (including phenoxy) is 1. The third-order valence-corrected chi connectivity index (χ3v) is 4.16. The molecule has 1 aliphatic heterocycles. The van der Waals surface area contributed by atoms with Crippen molar-refractivity contribution in [2.75, 3.05) is 11.9 Å². The van der Waals surface area contributed by atoms with E-state index in [9.17, 15) is 0 Å². The topological polar surface area (TPSA) is 21.3 Å². The van der Waals surface area contributed by atoms with E-state index in [0.717, 1.165) is 19.4 Å². The minimum absolute atomic E-state index is 0.279. The van der Waals surface area contributed by atoms with Crippen LogP contribution in [-0.4, -0.2) is 12.6 Å². The summed E-state index contributed by atoms with van der Waals surface area (Å²) in [5.41, 5.74) is 2.45. The first-order valence-electron chi connectivity index (χ1n) is 6.61. The molecular formula is C16H17NOS. The maximum Gasteiger partial charge on any atom is 0.115 e. The van der Waals surface area contributed by atoms with Gasteiger partial charge in [0.15, 0.2) is 0 Å². The van der Waals surface area contributed by atoms with Crippen molar-refractivity contribution in [2.45, 2.75) is 18.9 Å². The Balaban J connectivity index is 1.72. The highest BCUT2D eigenvalue weighted by atomic mass is 32.1. The molecule has 2 heterocycles. The van der Waals surface area contributed by atoms with Crippen molar-refractivity contribution in [1.82, 2.24) is 0 Å². The Morgan fingerprint density at radius 3 is 2.95 bits per heavy atom. The smallest absolute Gasteiger partial charge is 0.115 e. The van der Waals surface area contributed by atoms with E-state index < -0.39 is 0 Å². The van der Waals surface area contributed by atoms with Gasteiger partial charge in [-0.15, -0.1) is 11.3 Å². The average Bonchev–Trinajstić information content (AvgIpc) is 3.01. The van der Waals surface area contributed by atoms with Crippen LogP contribution in [0.15, 0.2) is 54.1 Å². The second kappa shape index (κ2) is 5.93. The zero-order valence-electron chi connectivity index (χ0n) is 10.7. The summed E-state index contributed by atoms with van der Waals surface area (Å²) in [4.78, 5) is 1.30. The van der Waals surface area contributed by atoms with Crippen LogP contribution in [0.1, 0.15) is 12.8 Å².